The zero-order valence-corrected chi connectivity index (χ0v) is 12.9. The monoisotopic (exact) mass is 304 g/mol. The maximum Gasteiger partial charge on any atom is 0.304 e. The number of nitrogens with zero attached hydrogens (tertiary/aromatic N) is 1. The number of hydrogen-bond donors (Lipinski definition) is 2. The number of carboxylic acid groups (broad SMARTS) is 1. The first-order valence-corrected chi connectivity index (χ1v) is 7.81. The number of carboxylic acids is 1. The van der Waals surface area contributed by atoms with Crippen molar-refractivity contribution in [2.45, 2.75) is 44.7 Å². The molecule has 0 aromatic heterocycles. The van der Waals surface area contributed by atoms with Gasteiger partial charge < -0.3 is 15.7 Å². The maximum absolute atomic E-state index is 12.4. The van der Waals surface area contributed by atoms with Gasteiger partial charge >= 0.3 is 5.97 Å². The van der Waals surface area contributed by atoms with E-state index in [9.17, 15) is 9.59 Å². The molecule has 1 aliphatic heterocycles. The van der Waals surface area contributed by atoms with Gasteiger partial charge in [0.1, 0.15) is 0 Å². The summed E-state index contributed by atoms with van der Waals surface area (Å²) >= 11 is 0. The number of aliphatic carboxylic acids is 1. The number of nitrogens with two attached hydrogens (primary N) is 1. The van der Waals surface area contributed by atoms with Gasteiger partial charge in [0.15, 0.2) is 0 Å². The van der Waals surface area contributed by atoms with E-state index in [0.717, 1.165) is 12.8 Å². The Bertz CT molecular complexity index is 516. The molecular formula is C17H24N2O3. The second-order valence-corrected chi connectivity index (χ2v) is 6.08. The van der Waals surface area contributed by atoms with E-state index >= 15 is 0 Å². The number of benzene rings is 1. The number of hydrogen-bond acceptors (Lipinski definition) is 3. The summed E-state index contributed by atoms with van der Waals surface area (Å²) in [5, 5.41) is 8.93. The summed E-state index contributed by atoms with van der Waals surface area (Å²) in [6.07, 6.45) is 2.21. The summed E-state index contributed by atoms with van der Waals surface area (Å²) in [6, 6.07) is 9.95. The highest BCUT2D eigenvalue weighted by atomic mass is 16.4. The van der Waals surface area contributed by atoms with Gasteiger partial charge in [0.2, 0.25) is 5.91 Å². The van der Waals surface area contributed by atoms with Gasteiger partial charge in [-0.15, -0.1) is 0 Å². The molecule has 1 aromatic rings. The normalized spacial score (nSPS) is 22.8. The van der Waals surface area contributed by atoms with Crippen LogP contribution in [0.1, 0.15) is 31.7 Å². The molecule has 1 aromatic carbocycles. The van der Waals surface area contributed by atoms with Crippen LogP contribution in [0.25, 0.3) is 0 Å². The third-order valence-electron chi connectivity index (χ3n) is 4.29. The van der Waals surface area contributed by atoms with Gasteiger partial charge in [-0.25, -0.2) is 0 Å². The Hall–Kier alpha value is -1.88. The lowest BCUT2D eigenvalue weighted by Crippen LogP contribution is -2.44. The molecule has 0 saturated carbocycles. The first kappa shape index (κ1) is 16.5. The Kier molecular flexibility index (Phi) is 5.55. The SMILES string of the molecule is CC(N)[C@@H]1C[C@@H](CC(=O)O)C(=O)N1CCCc1ccccc1. The Balaban J connectivity index is 1.94. The summed E-state index contributed by atoms with van der Waals surface area (Å²) in [6.45, 7) is 2.52. The zero-order chi connectivity index (χ0) is 16.1. The van der Waals surface area contributed by atoms with Gasteiger partial charge in [-0.2, -0.15) is 0 Å². The summed E-state index contributed by atoms with van der Waals surface area (Å²) in [4.78, 5) is 25.1. The summed E-state index contributed by atoms with van der Waals surface area (Å²) in [7, 11) is 0. The van der Waals surface area contributed by atoms with Gasteiger partial charge in [0, 0.05) is 18.6 Å². The lowest BCUT2D eigenvalue weighted by Gasteiger charge is -2.27. The number of amides is 1. The van der Waals surface area contributed by atoms with Crippen molar-refractivity contribution >= 4 is 11.9 Å². The van der Waals surface area contributed by atoms with E-state index in [-0.39, 0.29) is 24.4 Å². The first-order chi connectivity index (χ1) is 10.5. The standard InChI is InChI=1S/C17H24N2O3/c1-12(18)15-10-14(11-16(20)21)17(22)19(15)9-5-8-13-6-3-2-4-7-13/h2-4,6-7,12,14-15H,5,8-11,18H2,1H3,(H,20,21)/t12?,14-,15-/m0/s1. The van der Waals surface area contributed by atoms with Gasteiger partial charge in [-0.05, 0) is 31.7 Å². The summed E-state index contributed by atoms with van der Waals surface area (Å²) in [5.74, 6) is -1.41. The van der Waals surface area contributed by atoms with Crippen LogP contribution < -0.4 is 5.73 Å². The second-order valence-electron chi connectivity index (χ2n) is 6.08. The van der Waals surface area contributed by atoms with Crippen molar-refractivity contribution in [3.05, 3.63) is 35.9 Å². The quantitative estimate of drug-likeness (QED) is 0.802. The highest BCUT2D eigenvalue weighted by molar-refractivity contribution is 5.85. The van der Waals surface area contributed by atoms with Crippen LogP contribution in [-0.4, -0.2) is 40.5 Å². The predicted octanol–water partition coefficient (Wildman–Crippen LogP) is 1.66. The molecule has 0 bridgehead atoms. The van der Waals surface area contributed by atoms with Crippen LogP contribution in [0, 0.1) is 5.92 Å². The molecule has 1 saturated heterocycles. The lowest BCUT2D eigenvalue weighted by atomic mass is 9.99. The van der Waals surface area contributed by atoms with E-state index in [1.807, 2.05) is 25.1 Å². The Morgan fingerprint density at radius 1 is 1.41 bits per heavy atom. The van der Waals surface area contributed by atoms with E-state index in [2.05, 4.69) is 12.1 Å². The first-order valence-electron chi connectivity index (χ1n) is 7.81. The number of aryl methyl sites for hydroxylation is 1. The van der Waals surface area contributed by atoms with Crippen molar-refractivity contribution in [1.82, 2.24) is 4.90 Å². The molecule has 0 aliphatic carbocycles. The minimum atomic E-state index is -0.923. The van der Waals surface area contributed by atoms with E-state index in [1.165, 1.54) is 5.56 Å². The Morgan fingerprint density at radius 3 is 2.68 bits per heavy atom. The van der Waals surface area contributed by atoms with Gasteiger partial charge in [-0.3, -0.25) is 9.59 Å². The molecule has 2 rings (SSSR count). The van der Waals surface area contributed by atoms with Crippen molar-refractivity contribution in [2.24, 2.45) is 11.7 Å². The van der Waals surface area contributed by atoms with E-state index in [4.69, 9.17) is 10.8 Å². The molecule has 1 amide bonds. The van der Waals surface area contributed by atoms with Crippen molar-refractivity contribution < 1.29 is 14.7 Å². The van der Waals surface area contributed by atoms with Crippen LogP contribution >= 0.6 is 0 Å². The topological polar surface area (TPSA) is 83.6 Å². The van der Waals surface area contributed by atoms with Gasteiger partial charge in [0.05, 0.1) is 12.3 Å². The fourth-order valence-electron chi connectivity index (χ4n) is 3.17. The molecule has 1 aliphatic rings. The van der Waals surface area contributed by atoms with Crippen LogP contribution in [-0.2, 0) is 16.0 Å². The fourth-order valence-corrected chi connectivity index (χ4v) is 3.17. The zero-order valence-electron chi connectivity index (χ0n) is 12.9. The maximum atomic E-state index is 12.4. The van der Waals surface area contributed by atoms with Gasteiger partial charge in [0.25, 0.3) is 0 Å². The molecule has 5 heteroatoms. The molecule has 0 radical (unpaired) electrons. The van der Waals surface area contributed by atoms with Crippen molar-refractivity contribution in [3.8, 4) is 0 Å². The van der Waals surface area contributed by atoms with Crippen LogP contribution in [0.3, 0.4) is 0 Å². The lowest BCUT2D eigenvalue weighted by molar-refractivity contribution is -0.142. The number of carbonyl (C=O) groups excluding carboxylic acids is 1. The molecule has 0 spiro atoms. The Morgan fingerprint density at radius 2 is 2.09 bits per heavy atom. The van der Waals surface area contributed by atoms with E-state index < -0.39 is 11.9 Å². The minimum Gasteiger partial charge on any atom is -0.481 e. The number of likely N-dealkylation sites (tertiary alicyclic amines) is 1. The molecule has 3 atom stereocenters. The van der Waals surface area contributed by atoms with Crippen LogP contribution in [0.15, 0.2) is 30.3 Å². The molecule has 120 valence electrons. The van der Waals surface area contributed by atoms with Crippen molar-refractivity contribution in [3.63, 3.8) is 0 Å². The fraction of sp³-hybridized carbons (Fsp3) is 0.529. The third-order valence-corrected chi connectivity index (χ3v) is 4.29. The van der Waals surface area contributed by atoms with Crippen molar-refractivity contribution in [2.75, 3.05) is 6.54 Å². The van der Waals surface area contributed by atoms with Crippen molar-refractivity contribution in [1.29, 1.82) is 0 Å². The minimum absolute atomic E-state index is 0.0485. The smallest absolute Gasteiger partial charge is 0.304 e. The molecular weight excluding hydrogens is 280 g/mol. The molecule has 3 N–H and O–H groups in total. The highest BCUT2D eigenvalue weighted by Crippen LogP contribution is 2.29. The summed E-state index contributed by atoms with van der Waals surface area (Å²) in [5.41, 5.74) is 7.23. The van der Waals surface area contributed by atoms with Crippen LogP contribution in [0.5, 0.6) is 0 Å². The molecule has 1 fully saturated rings. The largest absolute Gasteiger partial charge is 0.481 e. The average molecular weight is 304 g/mol. The molecule has 1 unspecified atom stereocenters. The van der Waals surface area contributed by atoms with E-state index in [1.54, 1.807) is 4.90 Å². The van der Waals surface area contributed by atoms with Crippen LogP contribution in [0.2, 0.25) is 0 Å². The number of carbonyl (C=O) groups is 2. The van der Waals surface area contributed by atoms with Gasteiger partial charge in [-0.1, -0.05) is 30.3 Å². The Labute approximate surface area is 131 Å². The van der Waals surface area contributed by atoms with Crippen LogP contribution in [0.4, 0.5) is 0 Å². The van der Waals surface area contributed by atoms with E-state index in [0.29, 0.717) is 13.0 Å². The molecule has 1 heterocycles. The number of rotatable bonds is 7. The predicted molar refractivity (Wildman–Crippen MR) is 84.3 cm³/mol. The molecule has 5 nitrogen and oxygen atoms in total. The summed E-state index contributed by atoms with van der Waals surface area (Å²) < 4.78 is 0. The highest BCUT2D eigenvalue weighted by Gasteiger charge is 2.41. The average Bonchev–Trinajstić information content (AvgIpc) is 2.77. The second kappa shape index (κ2) is 7.40. The molecule has 22 heavy (non-hydrogen) atoms. The third kappa shape index (κ3) is 4.07.